The van der Waals surface area contributed by atoms with Gasteiger partial charge in [0.25, 0.3) is 0 Å². The first-order chi connectivity index (χ1) is 12.1. The second-order valence-corrected chi connectivity index (χ2v) is 6.89. The summed E-state index contributed by atoms with van der Waals surface area (Å²) in [4.78, 5) is 12.9. The maximum atomic E-state index is 13.1. The van der Waals surface area contributed by atoms with Crippen molar-refractivity contribution in [3.63, 3.8) is 0 Å². The Balaban J connectivity index is 1.66. The van der Waals surface area contributed by atoms with E-state index in [-0.39, 0.29) is 29.3 Å². The highest BCUT2D eigenvalue weighted by Crippen LogP contribution is 2.38. The molecule has 3 N–H and O–H groups in total. The second-order valence-electron chi connectivity index (χ2n) is 6.89. The molecular formula is C21H21FNO2+. The summed E-state index contributed by atoms with van der Waals surface area (Å²) in [7, 11) is 0. The zero-order valence-corrected chi connectivity index (χ0v) is 13.9. The number of carbonyl (C=O) groups excluding carboxylic acids is 1. The fourth-order valence-corrected chi connectivity index (χ4v) is 4.10. The third-order valence-electron chi connectivity index (χ3n) is 5.34. The van der Waals surface area contributed by atoms with E-state index in [4.69, 9.17) is 0 Å². The molecule has 0 saturated carbocycles. The van der Waals surface area contributed by atoms with Crippen LogP contribution in [0.25, 0.3) is 0 Å². The standard InChI is InChI=1S/C21H20FNO2/c22-16-7-5-13(6-8-16)15-11-18(24)20(19(25)12-15)21-17-4-2-1-3-14(17)9-10-23-21/h1-8,15,21,23-24H,9-12H2/p+1/t15-,21-/m1/s1. The average molecular weight is 338 g/mol. The molecule has 2 aliphatic rings. The van der Waals surface area contributed by atoms with E-state index in [0.29, 0.717) is 18.4 Å². The van der Waals surface area contributed by atoms with Gasteiger partial charge in [-0.2, -0.15) is 0 Å². The van der Waals surface area contributed by atoms with Crippen LogP contribution in [0.3, 0.4) is 0 Å². The number of aliphatic hydroxyl groups is 1. The lowest BCUT2D eigenvalue weighted by molar-refractivity contribution is -0.690. The predicted octanol–water partition coefficient (Wildman–Crippen LogP) is 2.95. The number of aliphatic hydroxyl groups excluding tert-OH is 1. The molecule has 1 heterocycles. The molecule has 2 atom stereocenters. The van der Waals surface area contributed by atoms with Crippen LogP contribution < -0.4 is 5.32 Å². The Morgan fingerprint density at radius 1 is 1.04 bits per heavy atom. The molecule has 2 aromatic carbocycles. The molecule has 3 nitrogen and oxygen atoms in total. The average Bonchev–Trinajstić information content (AvgIpc) is 2.62. The molecule has 0 bridgehead atoms. The molecule has 1 aliphatic heterocycles. The van der Waals surface area contributed by atoms with Gasteiger partial charge in [0.15, 0.2) is 5.78 Å². The Morgan fingerprint density at radius 3 is 2.56 bits per heavy atom. The molecule has 128 valence electrons. The Morgan fingerprint density at radius 2 is 1.80 bits per heavy atom. The number of hydrogen-bond donors (Lipinski definition) is 2. The number of quaternary nitrogens is 1. The third-order valence-corrected chi connectivity index (χ3v) is 5.34. The molecule has 0 amide bonds. The number of carbonyl (C=O) groups is 1. The number of nitrogens with two attached hydrogens (primary N) is 1. The summed E-state index contributed by atoms with van der Waals surface area (Å²) in [6.45, 7) is 0.910. The number of fused-ring (bicyclic) bond motifs is 1. The summed E-state index contributed by atoms with van der Waals surface area (Å²) in [6.07, 6.45) is 1.77. The molecule has 4 rings (SSSR count). The first kappa shape index (κ1) is 16.0. The number of rotatable bonds is 2. The highest BCUT2D eigenvalue weighted by Gasteiger charge is 2.37. The summed E-state index contributed by atoms with van der Waals surface area (Å²) in [5, 5.41) is 12.8. The van der Waals surface area contributed by atoms with Gasteiger partial charge in [-0.25, -0.2) is 4.39 Å². The highest BCUT2D eigenvalue weighted by atomic mass is 19.1. The van der Waals surface area contributed by atoms with Crippen LogP contribution in [-0.2, 0) is 11.2 Å². The number of hydrogen-bond acceptors (Lipinski definition) is 2. The molecule has 1 aliphatic carbocycles. The molecule has 2 aromatic rings. The molecule has 0 saturated heterocycles. The van der Waals surface area contributed by atoms with Gasteiger partial charge in [-0.15, -0.1) is 0 Å². The zero-order chi connectivity index (χ0) is 17.4. The van der Waals surface area contributed by atoms with Crippen molar-refractivity contribution in [2.75, 3.05) is 6.54 Å². The Labute approximate surface area is 146 Å². The number of benzene rings is 2. The minimum atomic E-state index is -0.292. The van der Waals surface area contributed by atoms with Gasteiger partial charge in [-0.05, 0) is 29.2 Å². The molecule has 4 heteroatoms. The van der Waals surface area contributed by atoms with Gasteiger partial charge in [-0.1, -0.05) is 36.4 Å². The molecule has 0 radical (unpaired) electrons. The fraction of sp³-hybridized carbons (Fsp3) is 0.286. The lowest BCUT2D eigenvalue weighted by atomic mass is 9.78. The van der Waals surface area contributed by atoms with Crippen LogP contribution in [0.5, 0.6) is 0 Å². The Kier molecular flexibility index (Phi) is 4.14. The largest absolute Gasteiger partial charge is 0.512 e. The Hall–Kier alpha value is -2.46. The van der Waals surface area contributed by atoms with Crippen molar-refractivity contribution in [3.8, 4) is 0 Å². The van der Waals surface area contributed by atoms with Crippen molar-refractivity contribution in [1.29, 1.82) is 0 Å². The molecule has 0 spiro atoms. The van der Waals surface area contributed by atoms with Crippen molar-refractivity contribution >= 4 is 5.78 Å². The molecule has 0 aromatic heterocycles. The monoisotopic (exact) mass is 338 g/mol. The summed E-state index contributed by atoms with van der Waals surface area (Å²) in [6, 6.07) is 14.2. The van der Waals surface area contributed by atoms with Crippen molar-refractivity contribution in [2.24, 2.45) is 0 Å². The minimum Gasteiger partial charge on any atom is -0.512 e. The summed E-state index contributed by atoms with van der Waals surface area (Å²) >= 11 is 0. The first-order valence-electron chi connectivity index (χ1n) is 8.75. The number of ketones is 1. The van der Waals surface area contributed by atoms with Crippen molar-refractivity contribution in [1.82, 2.24) is 0 Å². The summed E-state index contributed by atoms with van der Waals surface area (Å²) < 4.78 is 13.1. The van der Waals surface area contributed by atoms with Crippen molar-refractivity contribution in [2.45, 2.75) is 31.2 Å². The zero-order valence-electron chi connectivity index (χ0n) is 13.9. The number of allylic oxidation sites excluding steroid dienone is 1. The van der Waals surface area contributed by atoms with Crippen LogP contribution in [0, 0.1) is 5.82 Å². The second kappa shape index (κ2) is 6.45. The van der Waals surface area contributed by atoms with Crippen molar-refractivity contribution in [3.05, 3.63) is 82.4 Å². The van der Waals surface area contributed by atoms with Crippen LogP contribution in [0.1, 0.15) is 41.5 Å². The van der Waals surface area contributed by atoms with E-state index in [0.717, 1.165) is 24.1 Å². The molecule has 0 fully saturated rings. The van der Waals surface area contributed by atoms with Crippen LogP contribution in [0.2, 0.25) is 0 Å². The normalized spacial score (nSPS) is 23.5. The molecule has 25 heavy (non-hydrogen) atoms. The van der Waals surface area contributed by atoms with Gasteiger partial charge in [0.2, 0.25) is 0 Å². The summed E-state index contributed by atoms with van der Waals surface area (Å²) in [5.74, 6) is -0.199. The van der Waals surface area contributed by atoms with E-state index in [9.17, 15) is 14.3 Å². The van der Waals surface area contributed by atoms with Crippen LogP contribution in [-0.4, -0.2) is 17.4 Å². The highest BCUT2D eigenvalue weighted by molar-refractivity contribution is 5.98. The van der Waals surface area contributed by atoms with Gasteiger partial charge in [-0.3, -0.25) is 4.79 Å². The van der Waals surface area contributed by atoms with E-state index in [2.05, 4.69) is 17.4 Å². The lowest BCUT2D eigenvalue weighted by Gasteiger charge is -2.30. The molecule has 0 unspecified atom stereocenters. The van der Waals surface area contributed by atoms with Crippen molar-refractivity contribution < 1.29 is 19.6 Å². The van der Waals surface area contributed by atoms with E-state index in [1.54, 1.807) is 12.1 Å². The van der Waals surface area contributed by atoms with Crippen LogP contribution >= 0.6 is 0 Å². The number of Topliss-reactive ketones (excluding diaryl/α,β-unsaturated/α-hetero) is 1. The van der Waals surface area contributed by atoms with Gasteiger partial charge in [0, 0.05) is 24.8 Å². The first-order valence-corrected chi connectivity index (χ1v) is 8.75. The van der Waals surface area contributed by atoms with Gasteiger partial charge < -0.3 is 10.4 Å². The fourth-order valence-electron chi connectivity index (χ4n) is 4.10. The number of halogens is 1. The van der Waals surface area contributed by atoms with E-state index >= 15 is 0 Å². The van der Waals surface area contributed by atoms with E-state index in [1.807, 2.05) is 12.1 Å². The van der Waals surface area contributed by atoms with Crippen LogP contribution in [0.15, 0.2) is 59.9 Å². The lowest BCUT2D eigenvalue weighted by Crippen LogP contribution is -2.87. The van der Waals surface area contributed by atoms with Crippen LogP contribution in [0.4, 0.5) is 4.39 Å². The Bertz CT molecular complexity index is 841. The topological polar surface area (TPSA) is 53.9 Å². The quantitative estimate of drug-likeness (QED) is 0.885. The smallest absolute Gasteiger partial charge is 0.169 e. The minimum absolute atomic E-state index is 0.00368. The van der Waals surface area contributed by atoms with E-state index in [1.165, 1.54) is 17.7 Å². The van der Waals surface area contributed by atoms with Gasteiger partial charge in [0.1, 0.15) is 17.6 Å². The third kappa shape index (κ3) is 2.98. The maximum Gasteiger partial charge on any atom is 0.169 e. The van der Waals surface area contributed by atoms with Gasteiger partial charge in [0.05, 0.1) is 12.1 Å². The SMILES string of the molecule is O=C1C[C@H](c2ccc(F)cc2)CC(O)=C1[C@@H]1[NH2+]CCc2ccccc21. The van der Waals surface area contributed by atoms with E-state index < -0.39 is 0 Å². The summed E-state index contributed by atoms with van der Waals surface area (Å²) in [5.41, 5.74) is 3.83. The maximum absolute atomic E-state index is 13.1. The molecular weight excluding hydrogens is 317 g/mol. The predicted molar refractivity (Wildman–Crippen MR) is 92.7 cm³/mol. The van der Waals surface area contributed by atoms with Gasteiger partial charge >= 0.3 is 0 Å².